The van der Waals surface area contributed by atoms with Crippen LogP contribution in [0.3, 0.4) is 0 Å². The van der Waals surface area contributed by atoms with Crippen molar-refractivity contribution in [3.05, 3.63) is 18.1 Å². The predicted molar refractivity (Wildman–Crippen MR) is 99.5 cm³/mol. The molecular weight excluding hydrogens is 368 g/mol. The Morgan fingerprint density at radius 2 is 1.89 bits per heavy atom. The topological polar surface area (TPSA) is 110 Å². The number of carbonyl (C=O) groups is 1. The zero-order chi connectivity index (χ0) is 19.4. The van der Waals surface area contributed by atoms with Gasteiger partial charge in [-0.05, 0) is 64.7 Å². The van der Waals surface area contributed by atoms with E-state index in [0.717, 1.165) is 12.8 Å². The first-order valence-electron chi connectivity index (χ1n) is 9.42. The molecule has 1 aromatic rings. The van der Waals surface area contributed by atoms with E-state index in [0.29, 0.717) is 30.4 Å². The molecule has 0 bridgehead atoms. The van der Waals surface area contributed by atoms with Crippen LogP contribution in [0.1, 0.15) is 58.6 Å². The minimum Gasteiger partial charge on any atom is -0.444 e. The average molecular weight is 394 g/mol. The smallest absolute Gasteiger partial charge is 0.408 e. The van der Waals surface area contributed by atoms with Crippen molar-refractivity contribution in [3.8, 4) is 0 Å². The molecule has 2 N–H and O–H groups in total. The maximum atomic E-state index is 12.4. The average Bonchev–Trinajstić information content (AvgIpc) is 3.44. The van der Waals surface area contributed by atoms with E-state index in [1.807, 2.05) is 20.8 Å². The van der Waals surface area contributed by atoms with Crippen LogP contribution in [-0.2, 0) is 20.3 Å². The first-order chi connectivity index (χ1) is 12.6. The van der Waals surface area contributed by atoms with E-state index in [1.54, 1.807) is 6.20 Å². The van der Waals surface area contributed by atoms with Gasteiger partial charge >= 0.3 is 6.09 Å². The number of amides is 1. The van der Waals surface area contributed by atoms with Crippen LogP contribution in [0.25, 0.3) is 0 Å². The molecular formula is C18H26N4O4S. The summed E-state index contributed by atoms with van der Waals surface area (Å²) in [5.74, 6) is 1.33. The molecule has 3 saturated carbocycles. The maximum absolute atomic E-state index is 12.4. The number of nitrogens with one attached hydrogen (secondary N) is 2. The maximum Gasteiger partial charge on any atom is 0.408 e. The van der Waals surface area contributed by atoms with Crippen LogP contribution in [0.2, 0.25) is 0 Å². The third-order valence-corrected chi connectivity index (χ3v) is 7.21. The van der Waals surface area contributed by atoms with Crippen molar-refractivity contribution in [2.45, 2.75) is 69.3 Å². The van der Waals surface area contributed by atoms with Crippen LogP contribution in [-0.4, -0.2) is 35.3 Å². The van der Waals surface area contributed by atoms with Crippen LogP contribution in [0, 0.1) is 11.8 Å². The number of ether oxygens (including phenoxy) is 1. The van der Waals surface area contributed by atoms with Crippen LogP contribution in [0.5, 0.6) is 0 Å². The number of sulfonamides is 1. The lowest BCUT2D eigenvalue weighted by molar-refractivity contribution is 0.0442. The number of rotatable bonds is 5. The molecule has 4 rings (SSSR count). The molecule has 3 aliphatic carbocycles. The van der Waals surface area contributed by atoms with E-state index in [4.69, 9.17) is 4.74 Å². The molecule has 0 aromatic carbocycles. The van der Waals surface area contributed by atoms with E-state index in [2.05, 4.69) is 20.0 Å². The van der Waals surface area contributed by atoms with Gasteiger partial charge in [0.1, 0.15) is 5.60 Å². The van der Waals surface area contributed by atoms with E-state index in [-0.39, 0.29) is 11.1 Å². The minimum absolute atomic E-state index is 0.199. The highest BCUT2D eigenvalue weighted by Gasteiger charge is 2.56. The molecule has 1 amide bonds. The molecule has 2 atom stereocenters. The largest absolute Gasteiger partial charge is 0.444 e. The summed E-state index contributed by atoms with van der Waals surface area (Å²) < 4.78 is 32.4. The Morgan fingerprint density at radius 1 is 1.22 bits per heavy atom. The summed E-state index contributed by atoms with van der Waals surface area (Å²) in [6.07, 6.45) is 6.58. The minimum atomic E-state index is -3.41. The van der Waals surface area contributed by atoms with Crippen molar-refractivity contribution >= 4 is 21.9 Å². The summed E-state index contributed by atoms with van der Waals surface area (Å²) in [4.78, 5) is 21.1. The third kappa shape index (κ3) is 4.02. The standard InChI is InChI=1S/C18H26N4O4S/c1-17(2,3)26-16(23)21-18(7-11-6-12(11)8-18)14-9-19-10-15(20-14)22-27(24,25)13-4-5-13/h9-13H,4-8H2,1-3H3,(H,20,22)(H,21,23). The van der Waals surface area contributed by atoms with Crippen molar-refractivity contribution in [2.75, 3.05) is 4.72 Å². The Hall–Kier alpha value is -1.90. The molecule has 27 heavy (non-hydrogen) atoms. The Labute approximate surface area is 159 Å². The molecule has 1 heterocycles. The number of nitrogens with zero attached hydrogens (tertiary/aromatic N) is 2. The SMILES string of the molecule is CC(C)(C)OC(=O)NC1(c2cncc(NS(=O)(=O)C3CC3)n2)CC2CC2C1. The summed E-state index contributed by atoms with van der Waals surface area (Å²) in [5.41, 5.74) is -0.680. The Kier molecular flexibility index (Phi) is 4.14. The molecule has 3 aliphatic rings. The lowest BCUT2D eigenvalue weighted by Gasteiger charge is -2.32. The van der Waals surface area contributed by atoms with Gasteiger partial charge < -0.3 is 10.1 Å². The number of hydrogen-bond acceptors (Lipinski definition) is 6. The molecule has 0 aliphatic heterocycles. The normalized spacial score (nSPS) is 29.7. The summed E-state index contributed by atoms with van der Waals surface area (Å²) in [6.45, 7) is 5.45. The number of carbonyl (C=O) groups excluding carboxylic acids is 1. The van der Waals surface area contributed by atoms with Gasteiger partial charge in [0.2, 0.25) is 10.0 Å². The van der Waals surface area contributed by atoms with Gasteiger partial charge in [0.15, 0.2) is 5.82 Å². The molecule has 2 unspecified atom stereocenters. The van der Waals surface area contributed by atoms with Crippen LogP contribution >= 0.6 is 0 Å². The molecule has 3 fully saturated rings. The zero-order valence-corrected chi connectivity index (χ0v) is 16.7. The molecule has 148 valence electrons. The highest BCUT2D eigenvalue weighted by Crippen LogP contribution is 2.59. The second-order valence-electron chi connectivity index (χ2n) is 9.01. The Bertz CT molecular complexity index is 850. The van der Waals surface area contributed by atoms with Crippen molar-refractivity contribution in [1.82, 2.24) is 15.3 Å². The highest BCUT2D eigenvalue weighted by molar-refractivity contribution is 7.93. The van der Waals surface area contributed by atoms with Gasteiger partial charge in [0.25, 0.3) is 0 Å². The van der Waals surface area contributed by atoms with Gasteiger partial charge in [-0.2, -0.15) is 0 Å². The van der Waals surface area contributed by atoms with E-state index in [1.165, 1.54) is 12.6 Å². The van der Waals surface area contributed by atoms with Gasteiger partial charge in [0, 0.05) is 0 Å². The van der Waals surface area contributed by atoms with Crippen molar-refractivity contribution in [3.63, 3.8) is 0 Å². The number of alkyl carbamates (subject to hydrolysis) is 1. The van der Waals surface area contributed by atoms with Gasteiger partial charge in [-0.15, -0.1) is 0 Å². The molecule has 9 heteroatoms. The first kappa shape index (κ1) is 18.5. The summed E-state index contributed by atoms with van der Waals surface area (Å²) in [5, 5.41) is 2.67. The number of aromatic nitrogens is 2. The number of fused-ring (bicyclic) bond motifs is 1. The monoisotopic (exact) mass is 394 g/mol. The summed E-state index contributed by atoms with van der Waals surface area (Å²) >= 11 is 0. The quantitative estimate of drug-likeness (QED) is 0.794. The van der Waals surface area contributed by atoms with Crippen LogP contribution in [0.15, 0.2) is 12.4 Å². The predicted octanol–water partition coefficient (Wildman–Crippen LogP) is 2.53. The van der Waals surface area contributed by atoms with Gasteiger partial charge in [0.05, 0.1) is 28.9 Å². The lowest BCUT2D eigenvalue weighted by atomic mass is 9.89. The molecule has 0 saturated heterocycles. The van der Waals surface area contributed by atoms with Gasteiger partial charge in [-0.3, -0.25) is 9.71 Å². The zero-order valence-electron chi connectivity index (χ0n) is 15.9. The van der Waals surface area contributed by atoms with Crippen molar-refractivity contribution in [1.29, 1.82) is 0 Å². The van der Waals surface area contributed by atoms with Crippen molar-refractivity contribution < 1.29 is 17.9 Å². The number of hydrogen-bond donors (Lipinski definition) is 2. The van der Waals surface area contributed by atoms with Gasteiger partial charge in [-0.1, -0.05) is 0 Å². The van der Waals surface area contributed by atoms with E-state index < -0.39 is 27.3 Å². The Balaban J connectivity index is 1.57. The van der Waals surface area contributed by atoms with Crippen molar-refractivity contribution in [2.24, 2.45) is 11.8 Å². The Morgan fingerprint density at radius 3 is 2.48 bits per heavy atom. The fraction of sp³-hybridized carbons (Fsp3) is 0.722. The fourth-order valence-electron chi connectivity index (χ4n) is 3.92. The highest BCUT2D eigenvalue weighted by atomic mass is 32.2. The van der Waals surface area contributed by atoms with Crippen LogP contribution in [0.4, 0.5) is 10.6 Å². The number of anilines is 1. The van der Waals surface area contributed by atoms with E-state index in [9.17, 15) is 13.2 Å². The molecule has 0 spiro atoms. The van der Waals surface area contributed by atoms with Crippen LogP contribution < -0.4 is 10.0 Å². The first-order valence-corrected chi connectivity index (χ1v) is 11.0. The molecule has 1 aromatic heterocycles. The molecule has 8 nitrogen and oxygen atoms in total. The molecule has 0 radical (unpaired) electrons. The second kappa shape index (κ2) is 6.05. The third-order valence-electron chi connectivity index (χ3n) is 5.37. The summed E-state index contributed by atoms with van der Waals surface area (Å²) in [6, 6.07) is 0. The fourth-order valence-corrected chi connectivity index (χ4v) is 5.23. The lowest BCUT2D eigenvalue weighted by Crippen LogP contribution is -2.47. The summed E-state index contributed by atoms with van der Waals surface area (Å²) in [7, 11) is -3.41. The van der Waals surface area contributed by atoms with Gasteiger partial charge in [-0.25, -0.2) is 18.2 Å². The van der Waals surface area contributed by atoms with E-state index >= 15 is 0 Å². The second-order valence-corrected chi connectivity index (χ2v) is 11.0.